The van der Waals surface area contributed by atoms with E-state index >= 15 is 0 Å². The van der Waals surface area contributed by atoms with Crippen molar-refractivity contribution >= 4 is 21.8 Å². The van der Waals surface area contributed by atoms with Crippen LogP contribution in [0.2, 0.25) is 0 Å². The van der Waals surface area contributed by atoms with Gasteiger partial charge in [0.2, 0.25) is 11.6 Å². The first-order valence-corrected chi connectivity index (χ1v) is 12.5. The summed E-state index contributed by atoms with van der Waals surface area (Å²) in [6.07, 6.45) is -2.30. The SMILES string of the molecule is COC(=O)c1cc(NS(=O)(=O)c2ccc3c(c2)CN([C@H](C)c2ccc(OCC(F)(F)F)nc2)CC3)no1. The van der Waals surface area contributed by atoms with Crippen LogP contribution in [0.5, 0.6) is 5.88 Å². The van der Waals surface area contributed by atoms with E-state index in [0.717, 1.165) is 29.9 Å². The van der Waals surface area contributed by atoms with Gasteiger partial charge in [-0.25, -0.2) is 18.2 Å². The standard InChI is InChI=1S/C23H23F3N4O6S/c1-14(16-4-6-21(27-11-16)35-13-23(24,25)26)30-8-7-15-3-5-18(9-17(15)12-30)37(32,33)29-20-10-19(36-28-20)22(31)34-2/h3-6,9-11,14H,7-8,12-13H2,1-2H3,(H,28,29)/t14-/m1/s1. The van der Waals surface area contributed by atoms with Gasteiger partial charge in [-0.15, -0.1) is 0 Å². The normalized spacial score (nSPS) is 15.1. The number of aromatic nitrogens is 2. The summed E-state index contributed by atoms with van der Waals surface area (Å²) in [6, 6.07) is 8.85. The molecule has 37 heavy (non-hydrogen) atoms. The molecule has 0 saturated carbocycles. The van der Waals surface area contributed by atoms with Gasteiger partial charge in [-0.2, -0.15) is 13.2 Å². The Hall–Kier alpha value is -3.65. The number of hydrogen-bond acceptors (Lipinski definition) is 9. The van der Waals surface area contributed by atoms with Crippen LogP contribution >= 0.6 is 0 Å². The van der Waals surface area contributed by atoms with Crippen LogP contribution in [0, 0.1) is 0 Å². The van der Waals surface area contributed by atoms with Crippen LogP contribution in [0.15, 0.2) is 52.0 Å². The van der Waals surface area contributed by atoms with Gasteiger partial charge in [0.05, 0.1) is 12.0 Å². The lowest BCUT2D eigenvalue weighted by atomic mass is 9.97. The Morgan fingerprint density at radius 3 is 2.68 bits per heavy atom. The van der Waals surface area contributed by atoms with E-state index in [2.05, 4.69) is 29.2 Å². The molecule has 14 heteroatoms. The minimum Gasteiger partial charge on any atom is -0.468 e. The molecule has 0 unspecified atom stereocenters. The lowest BCUT2D eigenvalue weighted by Crippen LogP contribution is -2.33. The van der Waals surface area contributed by atoms with Crippen LogP contribution in [0.25, 0.3) is 0 Å². The van der Waals surface area contributed by atoms with Gasteiger partial charge in [0.25, 0.3) is 10.0 Å². The summed E-state index contributed by atoms with van der Waals surface area (Å²) in [6.45, 7) is 1.66. The van der Waals surface area contributed by atoms with Crippen molar-refractivity contribution in [2.75, 3.05) is 25.0 Å². The second kappa shape index (κ2) is 10.4. The van der Waals surface area contributed by atoms with Gasteiger partial charge in [-0.1, -0.05) is 17.3 Å². The van der Waals surface area contributed by atoms with Crippen LogP contribution in [0.3, 0.4) is 0 Å². The Morgan fingerprint density at radius 1 is 1.22 bits per heavy atom. The highest BCUT2D eigenvalue weighted by molar-refractivity contribution is 7.92. The Kier molecular flexibility index (Phi) is 7.41. The van der Waals surface area contributed by atoms with E-state index in [1.807, 2.05) is 6.92 Å². The molecule has 4 rings (SSSR count). The fraction of sp³-hybridized carbons (Fsp3) is 0.348. The van der Waals surface area contributed by atoms with Crippen molar-refractivity contribution < 1.29 is 40.4 Å². The molecule has 1 aromatic carbocycles. The molecule has 1 N–H and O–H groups in total. The smallest absolute Gasteiger partial charge is 0.422 e. The Balaban J connectivity index is 1.45. The van der Waals surface area contributed by atoms with Crippen molar-refractivity contribution in [2.45, 2.75) is 37.0 Å². The van der Waals surface area contributed by atoms with Crippen molar-refractivity contribution in [3.63, 3.8) is 0 Å². The van der Waals surface area contributed by atoms with Gasteiger partial charge in [0.1, 0.15) is 0 Å². The molecule has 0 radical (unpaired) electrons. The third kappa shape index (κ3) is 6.38. The van der Waals surface area contributed by atoms with Gasteiger partial charge in [-0.3, -0.25) is 9.62 Å². The molecule has 1 aliphatic rings. The predicted octanol–water partition coefficient (Wildman–Crippen LogP) is 3.72. The second-order valence-electron chi connectivity index (χ2n) is 8.33. The summed E-state index contributed by atoms with van der Waals surface area (Å²) < 4.78 is 79.1. The molecule has 0 amide bonds. The largest absolute Gasteiger partial charge is 0.468 e. The van der Waals surface area contributed by atoms with Gasteiger partial charge in [0.15, 0.2) is 12.4 Å². The minimum absolute atomic E-state index is 0.0104. The van der Waals surface area contributed by atoms with Gasteiger partial charge >= 0.3 is 12.1 Å². The summed E-state index contributed by atoms with van der Waals surface area (Å²) in [5.41, 5.74) is 2.60. The molecule has 0 fully saturated rings. The second-order valence-corrected chi connectivity index (χ2v) is 10.0. The van der Waals surface area contributed by atoms with E-state index in [-0.39, 0.29) is 28.4 Å². The van der Waals surface area contributed by atoms with E-state index in [1.54, 1.807) is 18.2 Å². The number of benzene rings is 1. The molecule has 10 nitrogen and oxygen atoms in total. The number of fused-ring (bicyclic) bond motifs is 1. The van der Waals surface area contributed by atoms with Crippen molar-refractivity contribution in [1.29, 1.82) is 0 Å². The number of rotatable bonds is 8. The fourth-order valence-corrected chi connectivity index (χ4v) is 4.89. The number of nitrogens with zero attached hydrogens (tertiary/aromatic N) is 3. The van der Waals surface area contributed by atoms with E-state index in [4.69, 9.17) is 4.52 Å². The number of ether oxygens (including phenoxy) is 2. The molecule has 1 atom stereocenters. The zero-order valence-electron chi connectivity index (χ0n) is 19.8. The van der Waals surface area contributed by atoms with Crippen LogP contribution in [-0.2, 0) is 27.7 Å². The average molecular weight is 541 g/mol. The third-order valence-electron chi connectivity index (χ3n) is 5.84. The zero-order valence-corrected chi connectivity index (χ0v) is 20.6. The fourth-order valence-electron chi connectivity index (χ4n) is 3.86. The molecular weight excluding hydrogens is 517 g/mol. The van der Waals surface area contributed by atoms with Crippen molar-refractivity contribution in [1.82, 2.24) is 15.0 Å². The van der Waals surface area contributed by atoms with E-state index in [1.165, 1.54) is 18.3 Å². The van der Waals surface area contributed by atoms with Crippen molar-refractivity contribution in [3.8, 4) is 5.88 Å². The Morgan fingerprint density at radius 2 is 2.00 bits per heavy atom. The summed E-state index contributed by atoms with van der Waals surface area (Å²) in [5, 5.41) is 3.54. The number of carbonyl (C=O) groups is 1. The molecular formula is C23H23F3N4O6S. The number of nitrogens with one attached hydrogen (secondary N) is 1. The number of sulfonamides is 1. The quantitative estimate of drug-likeness (QED) is 0.426. The van der Waals surface area contributed by atoms with Crippen molar-refractivity contribution in [3.05, 3.63) is 65.0 Å². The van der Waals surface area contributed by atoms with Gasteiger partial charge in [0, 0.05) is 37.5 Å². The van der Waals surface area contributed by atoms with Crippen LogP contribution in [0.4, 0.5) is 19.0 Å². The minimum atomic E-state index is -4.45. The maximum Gasteiger partial charge on any atom is 0.422 e. The Bertz CT molecular complexity index is 1380. The molecule has 3 aromatic rings. The van der Waals surface area contributed by atoms with Gasteiger partial charge in [-0.05, 0) is 42.2 Å². The number of hydrogen-bond donors (Lipinski definition) is 1. The molecule has 0 saturated heterocycles. The lowest BCUT2D eigenvalue weighted by Gasteiger charge is -2.34. The van der Waals surface area contributed by atoms with E-state index < -0.39 is 28.8 Å². The van der Waals surface area contributed by atoms with Gasteiger partial charge < -0.3 is 14.0 Å². The summed E-state index contributed by atoms with van der Waals surface area (Å²) >= 11 is 0. The van der Waals surface area contributed by atoms with Crippen LogP contribution in [0.1, 0.15) is 40.2 Å². The molecule has 198 valence electrons. The summed E-state index contributed by atoms with van der Waals surface area (Å²) in [4.78, 5) is 17.6. The third-order valence-corrected chi connectivity index (χ3v) is 7.19. The highest BCUT2D eigenvalue weighted by Crippen LogP contribution is 2.30. The molecule has 0 spiro atoms. The number of halogens is 3. The highest BCUT2D eigenvalue weighted by Gasteiger charge is 2.29. The highest BCUT2D eigenvalue weighted by atomic mass is 32.2. The zero-order chi connectivity index (χ0) is 26.8. The van der Waals surface area contributed by atoms with E-state index in [9.17, 15) is 26.4 Å². The van der Waals surface area contributed by atoms with Crippen LogP contribution in [-0.4, -0.2) is 55.9 Å². The first-order valence-electron chi connectivity index (χ1n) is 11.0. The summed E-state index contributed by atoms with van der Waals surface area (Å²) in [7, 11) is -2.87. The molecule has 0 aliphatic carbocycles. The topological polar surface area (TPSA) is 124 Å². The number of esters is 1. The predicted molar refractivity (Wildman–Crippen MR) is 123 cm³/mol. The maximum absolute atomic E-state index is 12.9. The average Bonchev–Trinajstić information content (AvgIpc) is 3.33. The summed E-state index contributed by atoms with van der Waals surface area (Å²) in [5.74, 6) is -1.32. The number of methoxy groups -OCH3 is 1. The first-order chi connectivity index (χ1) is 17.4. The van der Waals surface area contributed by atoms with Crippen molar-refractivity contribution in [2.24, 2.45) is 0 Å². The molecule has 1 aliphatic heterocycles. The number of carbonyl (C=O) groups excluding carboxylic acids is 1. The number of anilines is 1. The number of alkyl halides is 3. The van der Waals surface area contributed by atoms with E-state index in [0.29, 0.717) is 19.5 Å². The maximum atomic E-state index is 12.9. The Labute approximate surface area is 210 Å². The monoisotopic (exact) mass is 540 g/mol. The molecule has 0 bridgehead atoms. The van der Waals surface area contributed by atoms with Crippen LogP contribution < -0.4 is 9.46 Å². The molecule has 2 aromatic heterocycles. The first kappa shape index (κ1) is 26.4. The molecule has 3 heterocycles. The lowest BCUT2D eigenvalue weighted by molar-refractivity contribution is -0.154. The number of pyridine rings is 1.